The summed E-state index contributed by atoms with van der Waals surface area (Å²) in [7, 11) is 0. The molecule has 3 aliphatic rings. The Labute approximate surface area is 275 Å². The van der Waals surface area contributed by atoms with E-state index in [1.165, 1.54) is 0 Å². The second-order valence-electron chi connectivity index (χ2n) is 13.3. The van der Waals surface area contributed by atoms with Crippen LogP contribution in [-0.4, -0.2) is 85.6 Å². The fourth-order valence-corrected chi connectivity index (χ4v) is 6.58. The van der Waals surface area contributed by atoms with E-state index in [1.54, 1.807) is 25.3 Å². The fraction of sp³-hybridized carbons (Fsp3) is 0.812. The van der Waals surface area contributed by atoms with Gasteiger partial charge >= 0.3 is 18.3 Å². The standard InChI is InChI=1S/C32H48N6O9/c1-5-32(47-31(43)38-24-10-7-21(3)27(13-24)35-19-40,15-44-29(41)36-23-9-6-20(2)26(12-23)34-18-39)16-45-30(42)37-25-11-8-22(4)28(14-25)46-17-33/h20-28H,5-16H2,1-4H3,(H,36,41)(H,37,42)(H,38,43). The normalized spacial score (nSPS) is 31.5. The number of amides is 3. The van der Waals surface area contributed by atoms with Gasteiger partial charge in [0.05, 0.1) is 12.1 Å². The molecule has 0 aromatic rings. The third-order valence-electron chi connectivity index (χ3n) is 9.92. The smallest absolute Gasteiger partial charge is 0.408 e. The molecule has 0 aromatic carbocycles. The molecule has 0 aromatic heterocycles. The van der Waals surface area contributed by atoms with Crippen molar-refractivity contribution >= 4 is 30.4 Å². The van der Waals surface area contributed by atoms with Crippen molar-refractivity contribution in [2.24, 2.45) is 27.7 Å². The lowest BCUT2D eigenvalue weighted by Gasteiger charge is -2.35. The van der Waals surface area contributed by atoms with Crippen LogP contribution < -0.4 is 16.0 Å². The maximum absolute atomic E-state index is 13.2. The number of alkyl carbamates (subject to hydrolysis) is 3. The molecule has 3 saturated carbocycles. The number of ether oxygens (including phenoxy) is 4. The SMILES string of the molecule is CCC(COC(=O)NC1CCC(C)C(N=C=O)C1)(COC(=O)NC1CCC(C)C(OC#N)C1)OC(=O)NC1CCC(C)C(N=C=O)C1. The number of carbonyl (C=O) groups is 3. The Morgan fingerprint density at radius 3 is 1.62 bits per heavy atom. The number of isocyanates is 2. The second-order valence-corrected chi connectivity index (χ2v) is 13.3. The molecule has 15 nitrogen and oxygen atoms in total. The van der Waals surface area contributed by atoms with Crippen molar-refractivity contribution in [3.8, 4) is 6.26 Å². The molecule has 0 aliphatic heterocycles. The van der Waals surface area contributed by atoms with Gasteiger partial charge in [0.1, 0.15) is 19.3 Å². The summed E-state index contributed by atoms with van der Waals surface area (Å²) in [5.41, 5.74) is -1.53. The lowest BCUT2D eigenvalue weighted by Crippen LogP contribution is -2.51. The van der Waals surface area contributed by atoms with E-state index >= 15 is 0 Å². The zero-order chi connectivity index (χ0) is 34.4. The number of rotatable bonds is 12. The molecule has 10 unspecified atom stereocenters. The maximum Gasteiger partial charge on any atom is 0.408 e. The summed E-state index contributed by atoms with van der Waals surface area (Å²) in [6.07, 6.45) is 8.06. The van der Waals surface area contributed by atoms with Crippen LogP contribution in [0.3, 0.4) is 0 Å². The highest BCUT2D eigenvalue weighted by molar-refractivity contribution is 5.70. The van der Waals surface area contributed by atoms with Crippen LogP contribution in [0.25, 0.3) is 0 Å². The summed E-state index contributed by atoms with van der Waals surface area (Å²) in [5.74, 6) is 0.518. The zero-order valence-electron chi connectivity index (χ0n) is 27.7. The monoisotopic (exact) mass is 660 g/mol. The molecule has 47 heavy (non-hydrogen) atoms. The van der Waals surface area contributed by atoms with E-state index in [-0.39, 0.29) is 60.5 Å². The lowest BCUT2D eigenvalue weighted by atomic mass is 9.83. The van der Waals surface area contributed by atoms with Crippen molar-refractivity contribution in [3.05, 3.63) is 0 Å². The first kappa shape index (κ1) is 37.3. The minimum atomic E-state index is -1.53. The van der Waals surface area contributed by atoms with Crippen molar-refractivity contribution in [1.82, 2.24) is 16.0 Å². The van der Waals surface area contributed by atoms with Crippen LogP contribution >= 0.6 is 0 Å². The van der Waals surface area contributed by atoms with Gasteiger partial charge in [0.25, 0.3) is 6.26 Å². The van der Waals surface area contributed by atoms with Crippen molar-refractivity contribution in [1.29, 1.82) is 5.26 Å². The number of nitrogens with zero attached hydrogens (tertiary/aromatic N) is 3. The summed E-state index contributed by atoms with van der Waals surface area (Å²) in [5, 5.41) is 17.4. The van der Waals surface area contributed by atoms with Gasteiger partial charge in [0, 0.05) is 24.5 Å². The Hall–Kier alpha value is -4.14. The molecule has 10 atom stereocenters. The van der Waals surface area contributed by atoms with Crippen LogP contribution in [0.5, 0.6) is 0 Å². The predicted octanol–water partition coefficient (Wildman–Crippen LogP) is 4.15. The minimum Gasteiger partial charge on any atom is -0.445 e. The van der Waals surface area contributed by atoms with Crippen molar-refractivity contribution in [2.45, 2.75) is 134 Å². The van der Waals surface area contributed by atoms with Crippen LogP contribution in [0.2, 0.25) is 0 Å². The first-order valence-corrected chi connectivity index (χ1v) is 16.6. The highest BCUT2D eigenvalue weighted by atomic mass is 16.6. The summed E-state index contributed by atoms with van der Waals surface area (Å²) in [6.45, 7) is 6.86. The van der Waals surface area contributed by atoms with Crippen LogP contribution in [0.15, 0.2) is 9.98 Å². The molecule has 0 saturated heterocycles. The molecule has 3 rings (SSSR count). The Balaban J connectivity index is 1.64. The van der Waals surface area contributed by atoms with E-state index in [2.05, 4.69) is 25.9 Å². The third kappa shape index (κ3) is 11.6. The molecule has 3 amide bonds. The van der Waals surface area contributed by atoms with Gasteiger partial charge in [-0.25, -0.2) is 34.0 Å². The van der Waals surface area contributed by atoms with Gasteiger partial charge in [0.2, 0.25) is 12.2 Å². The molecule has 3 N–H and O–H groups in total. The quantitative estimate of drug-likeness (QED) is 0.118. The van der Waals surface area contributed by atoms with Gasteiger partial charge in [-0.3, -0.25) is 0 Å². The molecule has 0 heterocycles. The molecule has 260 valence electrons. The summed E-state index contributed by atoms with van der Waals surface area (Å²) < 4.78 is 22.1. The molecule has 0 bridgehead atoms. The van der Waals surface area contributed by atoms with E-state index in [0.717, 1.165) is 19.3 Å². The number of carbonyl (C=O) groups excluding carboxylic acids is 5. The number of hydrogen-bond acceptors (Lipinski definition) is 12. The number of nitriles is 1. The first-order valence-electron chi connectivity index (χ1n) is 16.6. The predicted molar refractivity (Wildman–Crippen MR) is 166 cm³/mol. The summed E-state index contributed by atoms with van der Waals surface area (Å²) in [4.78, 5) is 68.3. The van der Waals surface area contributed by atoms with Crippen LogP contribution in [0.4, 0.5) is 14.4 Å². The second kappa shape index (κ2) is 18.3. The summed E-state index contributed by atoms with van der Waals surface area (Å²) in [6, 6.07) is -1.39. The van der Waals surface area contributed by atoms with Crippen LogP contribution in [0, 0.1) is 29.3 Å². The van der Waals surface area contributed by atoms with Gasteiger partial charge in [0.15, 0.2) is 5.60 Å². The van der Waals surface area contributed by atoms with Gasteiger partial charge in [-0.1, -0.05) is 27.7 Å². The average molecular weight is 661 g/mol. The highest BCUT2D eigenvalue weighted by Crippen LogP contribution is 2.29. The topological polar surface area (TPSA) is 207 Å². The molecule has 3 aliphatic carbocycles. The van der Waals surface area contributed by atoms with Crippen LogP contribution in [-0.2, 0) is 28.5 Å². The Morgan fingerprint density at radius 2 is 1.17 bits per heavy atom. The van der Waals surface area contributed by atoms with Crippen molar-refractivity contribution in [2.75, 3.05) is 13.2 Å². The van der Waals surface area contributed by atoms with Crippen LogP contribution in [0.1, 0.15) is 91.9 Å². The Morgan fingerprint density at radius 1 is 0.723 bits per heavy atom. The van der Waals surface area contributed by atoms with E-state index in [4.69, 9.17) is 24.2 Å². The van der Waals surface area contributed by atoms with Crippen molar-refractivity contribution < 1.29 is 42.9 Å². The molecule has 0 radical (unpaired) electrons. The minimum absolute atomic E-state index is 0.136. The van der Waals surface area contributed by atoms with Gasteiger partial charge in [-0.05, 0) is 75.5 Å². The largest absolute Gasteiger partial charge is 0.445 e. The number of hydrogen-bond donors (Lipinski definition) is 3. The molecule has 0 spiro atoms. The highest BCUT2D eigenvalue weighted by Gasteiger charge is 2.39. The Kier molecular flexibility index (Phi) is 14.5. The average Bonchev–Trinajstić information content (AvgIpc) is 3.04. The number of nitrogens with one attached hydrogen (secondary N) is 3. The number of aliphatic imine (C=N–C) groups is 2. The Bertz CT molecular complexity index is 1220. The van der Waals surface area contributed by atoms with Gasteiger partial charge in [-0.2, -0.15) is 5.26 Å². The molecular formula is C32H48N6O9. The molecule has 3 fully saturated rings. The maximum atomic E-state index is 13.2. The molecular weight excluding hydrogens is 612 g/mol. The first-order chi connectivity index (χ1) is 22.5. The van der Waals surface area contributed by atoms with E-state index in [9.17, 15) is 24.0 Å². The van der Waals surface area contributed by atoms with E-state index in [0.29, 0.717) is 38.5 Å². The van der Waals surface area contributed by atoms with E-state index < -0.39 is 37.1 Å². The fourth-order valence-electron chi connectivity index (χ4n) is 6.58. The molecule has 15 heteroatoms. The van der Waals surface area contributed by atoms with E-state index in [1.807, 2.05) is 20.8 Å². The third-order valence-corrected chi connectivity index (χ3v) is 9.92. The van der Waals surface area contributed by atoms with Crippen molar-refractivity contribution in [3.63, 3.8) is 0 Å². The van der Waals surface area contributed by atoms with Gasteiger partial charge in [-0.15, -0.1) is 0 Å². The van der Waals surface area contributed by atoms with Gasteiger partial charge < -0.3 is 34.9 Å². The zero-order valence-corrected chi connectivity index (χ0v) is 27.7. The summed E-state index contributed by atoms with van der Waals surface area (Å²) >= 11 is 0. The lowest BCUT2D eigenvalue weighted by molar-refractivity contribution is -0.0740.